The van der Waals surface area contributed by atoms with Gasteiger partial charge in [0.25, 0.3) is 5.91 Å². The first kappa shape index (κ1) is 26.9. The normalized spacial score (nSPS) is 14.8. The van der Waals surface area contributed by atoms with Crippen molar-refractivity contribution in [2.75, 3.05) is 25.6 Å². The van der Waals surface area contributed by atoms with Crippen LogP contribution in [0.1, 0.15) is 6.42 Å². The summed E-state index contributed by atoms with van der Waals surface area (Å²) in [6.07, 6.45) is 2.08. The molecule has 0 aliphatic carbocycles. The molecule has 0 saturated carbocycles. The second-order valence-corrected chi connectivity index (χ2v) is 7.04. The van der Waals surface area contributed by atoms with Gasteiger partial charge in [0, 0.05) is 44.3 Å². The summed E-state index contributed by atoms with van der Waals surface area (Å²) in [6.45, 7) is -0.240. The summed E-state index contributed by atoms with van der Waals surface area (Å²) in [5.41, 5.74) is 0.198. The predicted molar refractivity (Wildman–Crippen MR) is 116 cm³/mol. The Morgan fingerprint density at radius 1 is 1.12 bits per heavy atom. The van der Waals surface area contributed by atoms with E-state index < -0.39 is 36.2 Å². The standard InChI is InChI=1S/C23H23N3O7.Na/c1-25-13-11-17(27)21(22(25)30)26(23(31)24-12-10-20(28)29)15-6-5-7-16(14-15)33-19-9-4-3-8-18(19)32-2;/h3-9,11,13-14,21H,10,12H2,1-2H3,(H,24,31)(H,28,29);/q;+1/p-1/t21-;/m0./s1. The molecule has 1 N–H and O–H groups in total. The number of nitrogens with zero attached hydrogens (tertiary/aromatic N) is 2. The van der Waals surface area contributed by atoms with Gasteiger partial charge in [-0.05, 0) is 24.3 Å². The molecule has 0 spiro atoms. The minimum Gasteiger partial charge on any atom is -0.550 e. The molecule has 2 aromatic rings. The summed E-state index contributed by atoms with van der Waals surface area (Å²) in [5.74, 6) is -1.32. The molecule has 172 valence electrons. The van der Waals surface area contributed by atoms with E-state index in [9.17, 15) is 24.3 Å². The maximum Gasteiger partial charge on any atom is 1.00 e. The average Bonchev–Trinajstić information content (AvgIpc) is 2.79. The number of urea groups is 1. The number of anilines is 1. The van der Waals surface area contributed by atoms with E-state index in [0.717, 1.165) is 4.90 Å². The molecule has 3 rings (SSSR count). The van der Waals surface area contributed by atoms with Crippen LogP contribution >= 0.6 is 0 Å². The number of para-hydroxylation sites is 2. The Balaban J connectivity index is 0.00000408. The van der Waals surface area contributed by atoms with E-state index in [2.05, 4.69) is 5.32 Å². The molecule has 0 aromatic heterocycles. The summed E-state index contributed by atoms with van der Waals surface area (Å²) in [4.78, 5) is 51.3. The summed E-state index contributed by atoms with van der Waals surface area (Å²) in [7, 11) is 2.97. The number of carboxylic acids is 1. The van der Waals surface area contributed by atoms with Gasteiger partial charge in [0.05, 0.1) is 12.8 Å². The number of likely N-dealkylation sites (N-methyl/N-ethyl adjacent to an activating group) is 1. The Kier molecular flexibility index (Phi) is 9.67. The molecule has 0 unspecified atom stereocenters. The number of nitrogens with one attached hydrogen (secondary N) is 1. The van der Waals surface area contributed by atoms with Crippen LogP contribution < -0.4 is 54.4 Å². The van der Waals surface area contributed by atoms with Gasteiger partial charge in [-0.2, -0.15) is 0 Å². The third-order valence-electron chi connectivity index (χ3n) is 4.79. The molecule has 0 radical (unpaired) electrons. The molecule has 34 heavy (non-hydrogen) atoms. The van der Waals surface area contributed by atoms with Crippen molar-refractivity contribution in [1.29, 1.82) is 0 Å². The third-order valence-corrected chi connectivity index (χ3v) is 4.79. The van der Waals surface area contributed by atoms with Gasteiger partial charge in [0.15, 0.2) is 23.3 Å². The van der Waals surface area contributed by atoms with Crippen molar-refractivity contribution in [2.45, 2.75) is 12.5 Å². The van der Waals surface area contributed by atoms with Crippen LogP contribution in [0.25, 0.3) is 0 Å². The Labute approximate surface area is 218 Å². The minimum atomic E-state index is -1.47. The Morgan fingerprint density at radius 3 is 2.50 bits per heavy atom. The van der Waals surface area contributed by atoms with E-state index in [1.54, 1.807) is 36.4 Å². The van der Waals surface area contributed by atoms with Gasteiger partial charge >= 0.3 is 35.6 Å². The van der Waals surface area contributed by atoms with Crippen molar-refractivity contribution in [3.63, 3.8) is 0 Å². The number of benzene rings is 2. The summed E-state index contributed by atoms with van der Waals surface area (Å²) < 4.78 is 11.2. The maximum absolute atomic E-state index is 13.0. The number of aliphatic carboxylic acids is 1. The summed E-state index contributed by atoms with van der Waals surface area (Å²) in [5, 5.41) is 13.1. The molecule has 3 amide bonds. The van der Waals surface area contributed by atoms with Crippen LogP contribution in [0.15, 0.2) is 60.8 Å². The van der Waals surface area contributed by atoms with Crippen molar-refractivity contribution in [3.05, 3.63) is 60.8 Å². The molecule has 0 bridgehead atoms. The van der Waals surface area contributed by atoms with E-state index >= 15 is 0 Å². The Morgan fingerprint density at radius 2 is 1.82 bits per heavy atom. The molecule has 0 saturated heterocycles. The van der Waals surface area contributed by atoms with Crippen molar-refractivity contribution < 1.29 is 63.3 Å². The number of hydrogen-bond donors (Lipinski definition) is 1. The average molecular weight is 475 g/mol. The Hall–Kier alpha value is -3.34. The SMILES string of the molecule is COc1ccccc1Oc1cccc(N(C(=O)NCCC(=O)[O-])[C@H]2C(=O)C=CN(C)C2=O)c1.[Na+]. The Bertz CT molecular complexity index is 1110. The number of methoxy groups -OCH3 is 1. The van der Waals surface area contributed by atoms with Crippen LogP contribution in [0.3, 0.4) is 0 Å². The predicted octanol–water partition coefficient (Wildman–Crippen LogP) is -1.93. The largest absolute Gasteiger partial charge is 1.00 e. The fourth-order valence-electron chi connectivity index (χ4n) is 3.17. The number of carboxylic acid groups (broad SMARTS) is 1. The monoisotopic (exact) mass is 475 g/mol. The van der Waals surface area contributed by atoms with Gasteiger partial charge < -0.3 is 29.6 Å². The third kappa shape index (κ3) is 6.37. The molecule has 2 aromatic carbocycles. The van der Waals surface area contributed by atoms with Crippen LogP contribution in [0, 0.1) is 0 Å². The molecular weight excluding hydrogens is 453 g/mol. The first-order valence-corrected chi connectivity index (χ1v) is 9.98. The van der Waals surface area contributed by atoms with Crippen LogP contribution in [0.2, 0.25) is 0 Å². The second kappa shape index (κ2) is 12.2. The van der Waals surface area contributed by atoms with Crippen LogP contribution in [-0.2, 0) is 14.4 Å². The van der Waals surface area contributed by atoms with E-state index in [4.69, 9.17) is 9.47 Å². The van der Waals surface area contributed by atoms with Crippen molar-refractivity contribution >= 4 is 29.4 Å². The molecule has 11 heteroatoms. The van der Waals surface area contributed by atoms with E-state index in [1.165, 1.54) is 43.5 Å². The molecule has 1 atom stereocenters. The van der Waals surface area contributed by atoms with Gasteiger partial charge in [-0.1, -0.05) is 18.2 Å². The number of ether oxygens (including phenoxy) is 2. The molecule has 10 nitrogen and oxygen atoms in total. The smallest absolute Gasteiger partial charge is 0.550 e. The fraction of sp³-hybridized carbons (Fsp3) is 0.217. The van der Waals surface area contributed by atoms with Gasteiger partial charge in [-0.25, -0.2) is 4.79 Å². The van der Waals surface area contributed by atoms with Gasteiger partial charge in [0.1, 0.15) is 5.75 Å². The number of amides is 3. The number of ketones is 1. The van der Waals surface area contributed by atoms with Crippen molar-refractivity contribution in [1.82, 2.24) is 10.2 Å². The van der Waals surface area contributed by atoms with Gasteiger partial charge in [0.2, 0.25) is 0 Å². The zero-order chi connectivity index (χ0) is 24.0. The number of hydrogen-bond acceptors (Lipinski definition) is 7. The first-order chi connectivity index (χ1) is 15.8. The van der Waals surface area contributed by atoms with Crippen molar-refractivity contribution in [2.24, 2.45) is 0 Å². The zero-order valence-corrected chi connectivity index (χ0v) is 21.0. The van der Waals surface area contributed by atoms with Crippen LogP contribution in [-0.4, -0.2) is 55.3 Å². The number of carbonyl (C=O) groups is 4. The zero-order valence-electron chi connectivity index (χ0n) is 19.0. The molecular formula is C23H22N3NaO7. The topological polar surface area (TPSA) is 128 Å². The van der Waals surface area contributed by atoms with E-state index in [-0.39, 0.29) is 41.8 Å². The van der Waals surface area contributed by atoms with Crippen LogP contribution in [0.4, 0.5) is 10.5 Å². The molecule has 1 aliphatic rings. The van der Waals surface area contributed by atoms with Gasteiger partial charge in [-0.15, -0.1) is 0 Å². The minimum absolute atomic E-state index is 0. The summed E-state index contributed by atoms with van der Waals surface area (Å²) in [6, 6.07) is 10.9. The number of carbonyl (C=O) groups excluding carboxylic acids is 4. The van der Waals surface area contributed by atoms with E-state index in [1.807, 2.05) is 0 Å². The summed E-state index contributed by atoms with van der Waals surface area (Å²) >= 11 is 0. The number of rotatable bonds is 8. The molecule has 0 fully saturated rings. The quantitative estimate of drug-likeness (QED) is 0.348. The van der Waals surface area contributed by atoms with Crippen molar-refractivity contribution in [3.8, 4) is 17.2 Å². The second-order valence-electron chi connectivity index (χ2n) is 7.04. The van der Waals surface area contributed by atoms with Gasteiger partial charge in [-0.3, -0.25) is 14.5 Å². The maximum atomic E-state index is 13.0. The fourth-order valence-corrected chi connectivity index (χ4v) is 3.17. The molecule has 1 heterocycles. The van der Waals surface area contributed by atoms with E-state index in [0.29, 0.717) is 17.2 Å². The first-order valence-electron chi connectivity index (χ1n) is 9.98. The van der Waals surface area contributed by atoms with Crippen LogP contribution in [0.5, 0.6) is 17.2 Å². The molecule has 1 aliphatic heterocycles.